The van der Waals surface area contributed by atoms with Crippen LogP contribution < -0.4 is 5.32 Å². The van der Waals surface area contributed by atoms with E-state index in [4.69, 9.17) is 8.83 Å². The van der Waals surface area contributed by atoms with Crippen LogP contribution >= 0.6 is 0 Å². The molecule has 1 aliphatic heterocycles. The lowest BCUT2D eigenvalue weighted by atomic mass is 9.94. The first-order valence-electron chi connectivity index (χ1n) is 14.7. The van der Waals surface area contributed by atoms with Crippen LogP contribution in [0, 0.1) is 0 Å². The minimum absolute atomic E-state index is 0.157. The molecule has 4 nitrogen and oxygen atoms in total. The lowest BCUT2D eigenvalue weighted by Crippen LogP contribution is -2.24. The number of benzene rings is 5. The molecule has 1 atom stereocenters. The standard InChI is InChI=1S/C39H22N2O2/c1-4-10-30-23(7-1)18-28-27-20-35-36(26-9-3-6-12-33(26)43-35)37-29-17-21(14-16-31(29)41(38(27)37)39(28)40-30)22-13-15-25-24-8-2-5-11-32(24)42-34(25)19-22/h1-20,30,40H. The van der Waals surface area contributed by atoms with Crippen molar-refractivity contribution in [2.24, 2.45) is 0 Å². The third kappa shape index (κ3) is 2.71. The molecular formula is C39H22N2O2. The van der Waals surface area contributed by atoms with Crippen molar-refractivity contribution in [2.75, 3.05) is 5.32 Å². The molecule has 0 bridgehead atoms. The van der Waals surface area contributed by atoms with Gasteiger partial charge in [0.1, 0.15) is 28.1 Å². The number of nitrogens with zero attached hydrogens (tertiary/aromatic N) is 1. The van der Waals surface area contributed by atoms with Crippen molar-refractivity contribution in [3.05, 3.63) is 126 Å². The number of aromatic nitrogens is 1. The van der Waals surface area contributed by atoms with E-state index in [0.29, 0.717) is 0 Å². The topological polar surface area (TPSA) is 42.7 Å². The minimum atomic E-state index is 0.157. The van der Waals surface area contributed by atoms with E-state index in [2.05, 4.69) is 113 Å². The van der Waals surface area contributed by atoms with E-state index >= 15 is 0 Å². The third-order valence-corrected chi connectivity index (χ3v) is 9.52. The lowest BCUT2D eigenvalue weighted by molar-refractivity contribution is 0.669. The molecule has 0 amide bonds. The van der Waals surface area contributed by atoms with Crippen LogP contribution in [0.25, 0.3) is 88.3 Å². The molecule has 2 aliphatic rings. The van der Waals surface area contributed by atoms with E-state index in [1.54, 1.807) is 0 Å². The highest BCUT2D eigenvalue weighted by Gasteiger charge is 2.29. The van der Waals surface area contributed by atoms with E-state index in [0.717, 1.165) is 55.4 Å². The van der Waals surface area contributed by atoms with Crippen LogP contribution in [0.1, 0.15) is 5.56 Å². The predicted molar refractivity (Wildman–Crippen MR) is 177 cm³/mol. The number of para-hydroxylation sites is 2. The first-order valence-corrected chi connectivity index (χ1v) is 14.7. The molecular weight excluding hydrogens is 528 g/mol. The quantitative estimate of drug-likeness (QED) is 0.221. The Kier molecular flexibility index (Phi) is 3.85. The number of hydrogen-bond donors (Lipinski definition) is 1. The molecule has 0 fully saturated rings. The Labute approximate surface area is 244 Å². The van der Waals surface area contributed by atoms with Crippen molar-refractivity contribution in [1.82, 2.24) is 4.40 Å². The second-order valence-electron chi connectivity index (χ2n) is 11.8. The molecule has 0 saturated carbocycles. The van der Waals surface area contributed by atoms with Gasteiger partial charge in [-0.25, -0.2) is 0 Å². The molecule has 1 N–H and O–H groups in total. The van der Waals surface area contributed by atoms with Crippen molar-refractivity contribution in [2.45, 2.75) is 6.04 Å². The molecule has 0 radical (unpaired) electrons. The van der Waals surface area contributed by atoms with Gasteiger partial charge in [0.05, 0.1) is 17.1 Å². The predicted octanol–water partition coefficient (Wildman–Crippen LogP) is 10.5. The summed E-state index contributed by atoms with van der Waals surface area (Å²) in [6.07, 6.45) is 11.0. The summed E-state index contributed by atoms with van der Waals surface area (Å²) in [4.78, 5) is 0. The fraction of sp³-hybridized carbons (Fsp3) is 0.0256. The fourth-order valence-corrected chi connectivity index (χ4v) is 7.62. The molecule has 5 aromatic carbocycles. The Morgan fingerprint density at radius 2 is 1.37 bits per heavy atom. The Hall–Kier alpha value is -5.74. The molecule has 0 spiro atoms. The van der Waals surface area contributed by atoms with Gasteiger partial charge >= 0.3 is 0 Å². The number of furan rings is 2. The van der Waals surface area contributed by atoms with Gasteiger partial charge in [-0.05, 0) is 65.2 Å². The van der Waals surface area contributed by atoms with Crippen LogP contribution in [0.2, 0.25) is 0 Å². The molecule has 4 aromatic heterocycles. The zero-order valence-electron chi connectivity index (χ0n) is 22.9. The summed E-state index contributed by atoms with van der Waals surface area (Å²) in [5.41, 5.74) is 10.9. The maximum Gasteiger partial charge on any atom is 0.136 e. The summed E-state index contributed by atoms with van der Waals surface area (Å²) in [5, 5.41) is 12.1. The van der Waals surface area contributed by atoms with Gasteiger partial charge in [0.2, 0.25) is 0 Å². The number of anilines is 1. The largest absolute Gasteiger partial charge is 0.456 e. The molecule has 9 aromatic rings. The maximum absolute atomic E-state index is 6.51. The highest BCUT2D eigenvalue weighted by molar-refractivity contribution is 6.33. The highest BCUT2D eigenvalue weighted by atomic mass is 16.3. The summed E-state index contributed by atoms with van der Waals surface area (Å²) >= 11 is 0. The average Bonchev–Trinajstić information content (AvgIpc) is 3.78. The van der Waals surface area contributed by atoms with E-state index in [1.807, 2.05) is 18.2 Å². The minimum Gasteiger partial charge on any atom is -0.456 e. The van der Waals surface area contributed by atoms with Crippen LogP contribution in [-0.2, 0) is 0 Å². The fourth-order valence-electron chi connectivity index (χ4n) is 7.62. The summed E-state index contributed by atoms with van der Waals surface area (Å²) < 4.78 is 15.2. The van der Waals surface area contributed by atoms with Crippen LogP contribution in [0.5, 0.6) is 0 Å². The van der Waals surface area contributed by atoms with Crippen LogP contribution in [-0.4, -0.2) is 10.4 Å². The molecule has 200 valence electrons. The van der Waals surface area contributed by atoms with Gasteiger partial charge in [-0.2, -0.15) is 0 Å². The average molecular weight is 551 g/mol. The van der Waals surface area contributed by atoms with Gasteiger partial charge in [-0.1, -0.05) is 72.8 Å². The van der Waals surface area contributed by atoms with Crippen molar-refractivity contribution in [3.8, 4) is 11.1 Å². The van der Waals surface area contributed by atoms with Crippen molar-refractivity contribution < 1.29 is 8.83 Å². The summed E-state index contributed by atoms with van der Waals surface area (Å²) in [6, 6.07) is 32.5. The van der Waals surface area contributed by atoms with Crippen LogP contribution in [0.4, 0.5) is 5.82 Å². The molecule has 4 heteroatoms. The van der Waals surface area contributed by atoms with Gasteiger partial charge in [0.15, 0.2) is 0 Å². The zero-order valence-corrected chi connectivity index (χ0v) is 22.9. The van der Waals surface area contributed by atoms with Gasteiger partial charge in [-0.15, -0.1) is 0 Å². The molecule has 5 heterocycles. The molecule has 1 unspecified atom stereocenters. The smallest absolute Gasteiger partial charge is 0.136 e. The van der Waals surface area contributed by atoms with E-state index < -0.39 is 0 Å². The third-order valence-electron chi connectivity index (χ3n) is 9.52. The second-order valence-corrected chi connectivity index (χ2v) is 11.8. The van der Waals surface area contributed by atoms with Gasteiger partial charge in [0.25, 0.3) is 0 Å². The summed E-state index contributed by atoms with van der Waals surface area (Å²) in [6.45, 7) is 0. The number of nitrogens with one attached hydrogen (secondary N) is 1. The van der Waals surface area contributed by atoms with Crippen LogP contribution in [0.15, 0.2) is 130 Å². The van der Waals surface area contributed by atoms with Crippen molar-refractivity contribution >= 4 is 83.0 Å². The zero-order chi connectivity index (χ0) is 27.8. The Morgan fingerprint density at radius 3 is 2.30 bits per heavy atom. The van der Waals surface area contributed by atoms with Crippen molar-refractivity contribution in [3.63, 3.8) is 0 Å². The number of allylic oxidation sites excluding steroid dienone is 2. The number of hydrogen-bond acceptors (Lipinski definition) is 3. The second kappa shape index (κ2) is 7.55. The van der Waals surface area contributed by atoms with Crippen LogP contribution in [0.3, 0.4) is 0 Å². The maximum atomic E-state index is 6.51. The van der Waals surface area contributed by atoms with E-state index in [1.165, 1.54) is 43.7 Å². The molecule has 11 rings (SSSR count). The monoisotopic (exact) mass is 550 g/mol. The first kappa shape index (κ1) is 21.9. The van der Waals surface area contributed by atoms with E-state index in [9.17, 15) is 0 Å². The Morgan fingerprint density at radius 1 is 0.605 bits per heavy atom. The molecule has 43 heavy (non-hydrogen) atoms. The SMILES string of the molecule is C1=CC2=Cc3c(n4c5ccc(-c6ccc7c(c6)oc6ccccc67)cc5c5c6c(cc3c54)oc3ccccc36)NC2C=C1. The van der Waals surface area contributed by atoms with Gasteiger partial charge in [0, 0.05) is 43.3 Å². The van der Waals surface area contributed by atoms with Gasteiger partial charge < -0.3 is 14.2 Å². The summed E-state index contributed by atoms with van der Waals surface area (Å²) in [5.74, 6) is 1.14. The molecule has 1 aliphatic carbocycles. The van der Waals surface area contributed by atoms with Crippen molar-refractivity contribution in [1.29, 1.82) is 0 Å². The number of fused-ring (bicyclic) bond motifs is 14. The summed E-state index contributed by atoms with van der Waals surface area (Å²) in [7, 11) is 0. The first-order chi connectivity index (χ1) is 21.3. The molecule has 0 saturated heterocycles. The highest BCUT2D eigenvalue weighted by Crippen LogP contribution is 2.49. The number of rotatable bonds is 1. The van der Waals surface area contributed by atoms with E-state index in [-0.39, 0.29) is 6.04 Å². The lowest BCUT2D eigenvalue weighted by Gasteiger charge is -2.24. The normalized spacial score (nSPS) is 16.3. The Balaban J connectivity index is 1.26. The van der Waals surface area contributed by atoms with Gasteiger partial charge in [-0.3, -0.25) is 4.40 Å². The Bertz CT molecular complexity index is 2760.